The Morgan fingerprint density at radius 2 is 1.48 bits per heavy atom. The van der Waals surface area contributed by atoms with Crippen molar-refractivity contribution in [2.75, 3.05) is 5.32 Å². The summed E-state index contributed by atoms with van der Waals surface area (Å²) in [5.74, 6) is -0.393. The van der Waals surface area contributed by atoms with Crippen LogP contribution in [0.1, 0.15) is 37.4 Å². The van der Waals surface area contributed by atoms with Crippen LogP contribution in [0.3, 0.4) is 0 Å². The third kappa shape index (κ3) is 4.58. The minimum absolute atomic E-state index is 0.194. The lowest BCUT2D eigenvalue weighted by Crippen LogP contribution is -2.23. The number of pyridine rings is 1. The standard InChI is InChI=1S/C22H21N3O2/c1-15-5-3-6-16(2)20(15)25-22(27)19-10-8-18(9-11-19)21(26)24-14-17-7-4-12-23-13-17/h3-13H,14H2,1-2H3,(H,24,26)(H,25,27). The molecule has 27 heavy (non-hydrogen) atoms. The number of amides is 2. The summed E-state index contributed by atoms with van der Waals surface area (Å²) in [6.45, 7) is 4.32. The van der Waals surface area contributed by atoms with Gasteiger partial charge in [-0.05, 0) is 60.9 Å². The van der Waals surface area contributed by atoms with E-state index in [1.807, 2.05) is 44.2 Å². The van der Waals surface area contributed by atoms with Crippen molar-refractivity contribution < 1.29 is 9.59 Å². The molecule has 0 aliphatic rings. The Bertz CT molecular complexity index is 931. The molecule has 0 radical (unpaired) electrons. The molecule has 0 aliphatic heterocycles. The van der Waals surface area contributed by atoms with Gasteiger partial charge in [-0.3, -0.25) is 14.6 Å². The first-order valence-corrected chi connectivity index (χ1v) is 8.69. The summed E-state index contributed by atoms with van der Waals surface area (Å²) in [5.41, 5.74) is 4.77. The highest BCUT2D eigenvalue weighted by molar-refractivity contribution is 6.05. The van der Waals surface area contributed by atoms with Gasteiger partial charge in [-0.2, -0.15) is 0 Å². The number of aryl methyl sites for hydroxylation is 2. The van der Waals surface area contributed by atoms with Crippen molar-refractivity contribution in [2.24, 2.45) is 0 Å². The smallest absolute Gasteiger partial charge is 0.255 e. The minimum atomic E-state index is -0.199. The van der Waals surface area contributed by atoms with E-state index in [0.717, 1.165) is 22.4 Å². The van der Waals surface area contributed by atoms with E-state index in [1.165, 1.54) is 0 Å². The number of carbonyl (C=O) groups is 2. The van der Waals surface area contributed by atoms with Gasteiger partial charge in [-0.1, -0.05) is 24.3 Å². The zero-order valence-corrected chi connectivity index (χ0v) is 15.3. The highest BCUT2D eigenvalue weighted by Gasteiger charge is 2.11. The fourth-order valence-corrected chi connectivity index (χ4v) is 2.76. The summed E-state index contributed by atoms with van der Waals surface area (Å²) in [5, 5.41) is 5.78. The number of carbonyl (C=O) groups excluding carboxylic acids is 2. The van der Waals surface area contributed by atoms with Crippen molar-refractivity contribution >= 4 is 17.5 Å². The monoisotopic (exact) mass is 359 g/mol. The number of nitrogens with one attached hydrogen (secondary N) is 2. The van der Waals surface area contributed by atoms with Gasteiger partial charge in [0.15, 0.2) is 0 Å². The Balaban J connectivity index is 1.64. The molecule has 5 nitrogen and oxygen atoms in total. The molecular formula is C22H21N3O2. The van der Waals surface area contributed by atoms with E-state index in [4.69, 9.17) is 0 Å². The molecule has 0 bridgehead atoms. The molecular weight excluding hydrogens is 338 g/mol. The van der Waals surface area contributed by atoms with Crippen LogP contribution < -0.4 is 10.6 Å². The Morgan fingerprint density at radius 1 is 0.852 bits per heavy atom. The van der Waals surface area contributed by atoms with Crippen LogP contribution in [0.25, 0.3) is 0 Å². The fourth-order valence-electron chi connectivity index (χ4n) is 2.76. The number of aromatic nitrogens is 1. The lowest BCUT2D eigenvalue weighted by molar-refractivity contribution is 0.0949. The second-order valence-corrected chi connectivity index (χ2v) is 6.34. The van der Waals surface area contributed by atoms with Crippen LogP contribution in [0, 0.1) is 13.8 Å². The quantitative estimate of drug-likeness (QED) is 0.726. The zero-order valence-electron chi connectivity index (χ0n) is 15.3. The van der Waals surface area contributed by atoms with Gasteiger partial charge in [0.05, 0.1) is 0 Å². The fraction of sp³-hybridized carbons (Fsp3) is 0.136. The summed E-state index contributed by atoms with van der Waals surface area (Å²) in [7, 11) is 0. The Hall–Kier alpha value is -3.47. The van der Waals surface area contributed by atoms with Crippen LogP contribution in [0.2, 0.25) is 0 Å². The van der Waals surface area contributed by atoms with E-state index in [0.29, 0.717) is 17.7 Å². The Labute approximate surface area is 158 Å². The van der Waals surface area contributed by atoms with E-state index < -0.39 is 0 Å². The van der Waals surface area contributed by atoms with E-state index in [1.54, 1.807) is 36.7 Å². The molecule has 2 amide bonds. The number of rotatable bonds is 5. The van der Waals surface area contributed by atoms with Gasteiger partial charge in [0.2, 0.25) is 0 Å². The second-order valence-electron chi connectivity index (χ2n) is 6.34. The van der Waals surface area contributed by atoms with Gasteiger partial charge in [0.1, 0.15) is 0 Å². The number of hydrogen-bond donors (Lipinski definition) is 2. The summed E-state index contributed by atoms with van der Waals surface area (Å²) in [4.78, 5) is 28.8. The topological polar surface area (TPSA) is 71.1 Å². The van der Waals surface area contributed by atoms with Gasteiger partial charge in [0, 0.05) is 35.8 Å². The molecule has 1 heterocycles. The second kappa shape index (κ2) is 8.27. The lowest BCUT2D eigenvalue weighted by Gasteiger charge is -2.11. The largest absolute Gasteiger partial charge is 0.348 e. The van der Waals surface area contributed by atoms with Gasteiger partial charge < -0.3 is 10.6 Å². The van der Waals surface area contributed by atoms with Crippen molar-refractivity contribution in [3.8, 4) is 0 Å². The third-order valence-corrected chi connectivity index (χ3v) is 4.30. The minimum Gasteiger partial charge on any atom is -0.348 e. The Morgan fingerprint density at radius 3 is 2.07 bits per heavy atom. The van der Waals surface area contributed by atoms with Crippen molar-refractivity contribution in [1.82, 2.24) is 10.3 Å². The maximum atomic E-state index is 12.5. The average Bonchev–Trinajstić information content (AvgIpc) is 2.70. The van der Waals surface area contributed by atoms with Crippen molar-refractivity contribution in [3.63, 3.8) is 0 Å². The number of hydrogen-bond acceptors (Lipinski definition) is 3. The molecule has 1 aromatic heterocycles. The lowest BCUT2D eigenvalue weighted by atomic mass is 10.1. The molecule has 3 rings (SSSR count). The van der Waals surface area contributed by atoms with Gasteiger partial charge in [0.25, 0.3) is 11.8 Å². The molecule has 5 heteroatoms. The predicted molar refractivity (Wildman–Crippen MR) is 106 cm³/mol. The van der Waals surface area contributed by atoms with Gasteiger partial charge >= 0.3 is 0 Å². The molecule has 2 N–H and O–H groups in total. The van der Waals surface area contributed by atoms with E-state index in [9.17, 15) is 9.59 Å². The molecule has 2 aromatic carbocycles. The molecule has 0 saturated carbocycles. The normalized spacial score (nSPS) is 10.3. The zero-order chi connectivity index (χ0) is 19.2. The van der Waals surface area contributed by atoms with Crippen molar-refractivity contribution in [3.05, 3.63) is 94.8 Å². The van der Waals surface area contributed by atoms with Gasteiger partial charge in [-0.25, -0.2) is 0 Å². The highest BCUT2D eigenvalue weighted by atomic mass is 16.2. The average molecular weight is 359 g/mol. The van der Waals surface area contributed by atoms with Crippen LogP contribution in [0.4, 0.5) is 5.69 Å². The third-order valence-electron chi connectivity index (χ3n) is 4.30. The van der Waals surface area contributed by atoms with Gasteiger partial charge in [-0.15, -0.1) is 0 Å². The first kappa shape index (κ1) is 18.3. The molecule has 0 atom stereocenters. The van der Waals surface area contributed by atoms with Crippen LogP contribution in [-0.4, -0.2) is 16.8 Å². The summed E-state index contributed by atoms with van der Waals surface area (Å²) < 4.78 is 0. The maximum absolute atomic E-state index is 12.5. The highest BCUT2D eigenvalue weighted by Crippen LogP contribution is 2.20. The molecule has 0 spiro atoms. The van der Waals surface area contributed by atoms with E-state index in [2.05, 4.69) is 15.6 Å². The number of nitrogens with zero attached hydrogens (tertiary/aromatic N) is 1. The van der Waals surface area contributed by atoms with Crippen molar-refractivity contribution in [1.29, 1.82) is 0 Å². The maximum Gasteiger partial charge on any atom is 0.255 e. The van der Waals surface area contributed by atoms with E-state index in [-0.39, 0.29) is 11.8 Å². The summed E-state index contributed by atoms with van der Waals surface area (Å²) in [6, 6.07) is 16.2. The molecule has 0 aliphatic carbocycles. The first-order valence-electron chi connectivity index (χ1n) is 8.69. The van der Waals surface area contributed by atoms with E-state index >= 15 is 0 Å². The predicted octanol–water partition coefficient (Wildman–Crippen LogP) is 3.88. The Kier molecular flexibility index (Phi) is 5.61. The number of benzene rings is 2. The molecule has 0 fully saturated rings. The van der Waals surface area contributed by atoms with Crippen LogP contribution in [0.5, 0.6) is 0 Å². The molecule has 0 saturated heterocycles. The first-order chi connectivity index (χ1) is 13.0. The van der Waals surface area contributed by atoms with Crippen LogP contribution in [-0.2, 0) is 6.54 Å². The SMILES string of the molecule is Cc1cccc(C)c1NC(=O)c1ccc(C(=O)NCc2cccnc2)cc1. The molecule has 136 valence electrons. The summed E-state index contributed by atoms with van der Waals surface area (Å²) >= 11 is 0. The van der Waals surface area contributed by atoms with Crippen LogP contribution >= 0.6 is 0 Å². The number of para-hydroxylation sites is 1. The summed E-state index contributed by atoms with van der Waals surface area (Å²) in [6.07, 6.45) is 3.40. The number of anilines is 1. The molecule has 0 unspecified atom stereocenters. The van der Waals surface area contributed by atoms with Crippen LogP contribution in [0.15, 0.2) is 67.0 Å². The molecule has 3 aromatic rings. The van der Waals surface area contributed by atoms with Crippen molar-refractivity contribution in [2.45, 2.75) is 20.4 Å².